The van der Waals surface area contributed by atoms with Crippen molar-refractivity contribution in [3.8, 4) is 0 Å². The van der Waals surface area contributed by atoms with Gasteiger partial charge in [-0.1, -0.05) is 0 Å². The largest absolute Gasteiger partial charge is 0.444 e. The Labute approximate surface area is 152 Å². The van der Waals surface area contributed by atoms with E-state index in [1.54, 1.807) is 11.9 Å². The molecule has 7 nitrogen and oxygen atoms in total. The first-order valence-corrected chi connectivity index (χ1v) is 9.24. The van der Waals surface area contributed by atoms with Gasteiger partial charge in [-0.2, -0.15) is 0 Å². The van der Waals surface area contributed by atoms with E-state index in [0.29, 0.717) is 19.7 Å². The van der Waals surface area contributed by atoms with Crippen molar-refractivity contribution in [1.29, 1.82) is 0 Å². The summed E-state index contributed by atoms with van der Waals surface area (Å²) in [4.78, 5) is 20.1. The van der Waals surface area contributed by atoms with E-state index < -0.39 is 5.60 Å². The van der Waals surface area contributed by atoms with Crippen LogP contribution in [0.15, 0.2) is 4.99 Å². The van der Waals surface area contributed by atoms with Crippen molar-refractivity contribution in [2.45, 2.75) is 46.1 Å². The van der Waals surface area contributed by atoms with Gasteiger partial charge in [-0.05, 0) is 46.5 Å². The number of likely N-dealkylation sites (N-methyl/N-ethyl adjacent to an activating group) is 2. The van der Waals surface area contributed by atoms with E-state index in [1.165, 1.54) is 12.8 Å². The van der Waals surface area contributed by atoms with E-state index in [1.807, 2.05) is 34.7 Å². The Morgan fingerprint density at radius 1 is 1.20 bits per heavy atom. The highest BCUT2D eigenvalue weighted by Gasteiger charge is 2.21. The van der Waals surface area contributed by atoms with Crippen LogP contribution in [0.5, 0.6) is 0 Å². The second-order valence-corrected chi connectivity index (χ2v) is 7.58. The summed E-state index contributed by atoms with van der Waals surface area (Å²) >= 11 is 0. The maximum atomic E-state index is 11.9. The Morgan fingerprint density at radius 2 is 1.88 bits per heavy atom. The molecule has 146 valence electrons. The van der Waals surface area contributed by atoms with Gasteiger partial charge in [0.2, 0.25) is 0 Å². The summed E-state index contributed by atoms with van der Waals surface area (Å²) in [5.41, 5.74) is -0.482. The number of hydrogen-bond donors (Lipinski definition) is 1. The number of ether oxygens (including phenoxy) is 2. The molecule has 0 atom stereocenters. The lowest BCUT2D eigenvalue weighted by Crippen LogP contribution is -2.41. The summed E-state index contributed by atoms with van der Waals surface area (Å²) in [6.45, 7) is 11.8. The number of rotatable bonds is 9. The van der Waals surface area contributed by atoms with Gasteiger partial charge in [-0.3, -0.25) is 4.99 Å². The predicted molar refractivity (Wildman–Crippen MR) is 101 cm³/mol. The lowest BCUT2D eigenvalue weighted by molar-refractivity contribution is 0.0304. The Morgan fingerprint density at radius 3 is 2.44 bits per heavy atom. The molecule has 0 radical (unpaired) electrons. The lowest BCUT2D eigenvalue weighted by atomic mass is 10.2. The van der Waals surface area contributed by atoms with Crippen molar-refractivity contribution >= 4 is 12.1 Å². The summed E-state index contributed by atoms with van der Waals surface area (Å²) in [6, 6.07) is 0. The average molecular weight is 357 g/mol. The van der Waals surface area contributed by atoms with Gasteiger partial charge >= 0.3 is 6.09 Å². The van der Waals surface area contributed by atoms with Crippen LogP contribution in [0.25, 0.3) is 0 Å². The van der Waals surface area contributed by atoms with Gasteiger partial charge in [0, 0.05) is 40.3 Å². The fourth-order valence-electron chi connectivity index (χ4n) is 2.05. The fourth-order valence-corrected chi connectivity index (χ4v) is 2.05. The molecule has 1 saturated carbocycles. The third-order valence-corrected chi connectivity index (χ3v) is 3.72. The van der Waals surface area contributed by atoms with Crippen LogP contribution in [0.1, 0.15) is 40.5 Å². The number of carbonyl (C=O) groups is 1. The summed E-state index contributed by atoms with van der Waals surface area (Å²) < 4.78 is 11.0. The van der Waals surface area contributed by atoms with Crippen LogP contribution >= 0.6 is 0 Å². The molecular formula is C18H36N4O3. The molecule has 0 unspecified atom stereocenters. The smallest absolute Gasteiger partial charge is 0.410 e. The zero-order chi connectivity index (χ0) is 18.9. The number of nitrogens with one attached hydrogen (secondary N) is 1. The SMILES string of the molecule is CCNC(=NCCN(C)C(=O)OC(C)(C)C)N(C)CCOCC1CC1. The van der Waals surface area contributed by atoms with E-state index in [9.17, 15) is 4.79 Å². The van der Waals surface area contributed by atoms with Crippen molar-refractivity contribution in [1.82, 2.24) is 15.1 Å². The fraction of sp³-hybridized carbons (Fsp3) is 0.889. The molecule has 0 spiro atoms. The van der Waals surface area contributed by atoms with E-state index in [2.05, 4.69) is 15.2 Å². The molecule has 1 rings (SSSR count). The highest BCUT2D eigenvalue weighted by molar-refractivity contribution is 5.79. The second-order valence-electron chi connectivity index (χ2n) is 7.58. The van der Waals surface area contributed by atoms with Crippen molar-refractivity contribution < 1.29 is 14.3 Å². The van der Waals surface area contributed by atoms with Crippen molar-refractivity contribution in [2.75, 3.05) is 53.5 Å². The first-order chi connectivity index (χ1) is 11.7. The average Bonchev–Trinajstić information content (AvgIpc) is 3.32. The monoisotopic (exact) mass is 356 g/mol. The van der Waals surface area contributed by atoms with Gasteiger partial charge in [-0.15, -0.1) is 0 Å². The van der Waals surface area contributed by atoms with E-state index in [4.69, 9.17) is 9.47 Å². The number of hydrogen-bond acceptors (Lipinski definition) is 4. The molecule has 1 amide bonds. The number of aliphatic imine (C=N–C) groups is 1. The van der Waals surface area contributed by atoms with Crippen molar-refractivity contribution in [3.05, 3.63) is 0 Å². The summed E-state index contributed by atoms with van der Waals surface area (Å²) in [6.07, 6.45) is 2.30. The highest BCUT2D eigenvalue weighted by atomic mass is 16.6. The zero-order valence-electron chi connectivity index (χ0n) is 16.8. The second kappa shape index (κ2) is 10.5. The molecule has 0 aromatic rings. The van der Waals surface area contributed by atoms with E-state index >= 15 is 0 Å². The minimum absolute atomic E-state index is 0.325. The predicted octanol–water partition coefficient (Wildman–Crippen LogP) is 2.18. The summed E-state index contributed by atoms with van der Waals surface area (Å²) in [7, 11) is 3.73. The van der Waals surface area contributed by atoms with Crippen molar-refractivity contribution in [2.24, 2.45) is 10.9 Å². The Bertz CT molecular complexity index is 431. The quantitative estimate of drug-likeness (QED) is 0.390. The minimum atomic E-state index is -0.482. The molecule has 25 heavy (non-hydrogen) atoms. The lowest BCUT2D eigenvalue weighted by Gasteiger charge is -2.25. The third kappa shape index (κ3) is 10.2. The molecule has 1 aliphatic carbocycles. The van der Waals surface area contributed by atoms with Crippen molar-refractivity contribution in [3.63, 3.8) is 0 Å². The Kier molecular flexibility index (Phi) is 9.03. The van der Waals surface area contributed by atoms with Gasteiger partial charge in [0.1, 0.15) is 5.60 Å². The Hall–Kier alpha value is -1.50. The molecule has 0 bridgehead atoms. The van der Waals surface area contributed by atoms with Gasteiger partial charge < -0.3 is 24.6 Å². The molecule has 0 aromatic carbocycles. The number of guanidine groups is 1. The minimum Gasteiger partial charge on any atom is -0.444 e. The van der Waals surface area contributed by atoms with E-state index in [0.717, 1.165) is 31.6 Å². The van der Waals surface area contributed by atoms with Crippen LogP contribution in [0, 0.1) is 5.92 Å². The van der Waals surface area contributed by atoms with Gasteiger partial charge in [-0.25, -0.2) is 4.79 Å². The molecule has 7 heteroatoms. The van der Waals surface area contributed by atoms with Crippen LogP contribution in [0.2, 0.25) is 0 Å². The van der Waals surface area contributed by atoms with Crippen LogP contribution in [0.3, 0.4) is 0 Å². The zero-order valence-corrected chi connectivity index (χ0v) is 16.8. The van der Waals surface area contributed by atoms with E-state index in [-0.39, 0.29) is 6.09 Å². The number of carbonyl (C=O) groups excluding carboxylic acids is 1. The first-order valence-electron chi connectivity index (χ1n) is 9.24. The molecule has 0 saturated heterocycles. The molecule has 0 heterocycles. The molecule has 1 aliphatic rings. The molecular weight excluding hydrogens is 320 g/mol. The number of amides is 1. The third-order valence-electron chi connectivity index (χ3n) is 3.72. The van der Waals surface area contributed by atoms with Gasteiger partial charge in [0.05, 0.1) is 13.2 Å². The maximum Gasteiger partial charge on any atom is 0.410 e. The number of nitrogens with zero attached hydrogens (tertiary/aromatic N) is 3. The van der Waals surface area contributed by atoms with Crippen LogP contribution in [0.4, 0.5) is 4.79 Å². The van der Waals surface area contributed by atoms with Gasteiger partial charge in [0.25, 0.3) is 0 Å². The van der Waals surface area contributed by atoms with Gasteiger partial charge in [0.15, 0.2) is 5.96 Å². The normalized spacial score (nSPS) is 15.0. The van der Waals surface area contributed by atoms with Crippen LogP contribution < -0.4 is 5.32 Å². The van der Waals surface area contributed by atoms with Crippen LogP contribution in [-0.2, 0) is 9.47 Å². The Balaban J connectivity index is 2.35. The molecule has 0 aromatic heterocycles. The first kappa shape index (κ1) is 21.5. The highest BCUT2D eigenvalue weighted by Crippen LogP contribution is 2.28. The summed E-state index contributed by atoms with van der Waals surface area (Å²) in [5.74, 6) is 1.62. The summed E-state index contributed by atoms with van der Waals surface area (Å²) in [5, 5.41) is 3.27. The topological polar surface area (TPSA) is 66.4 Å². The molecule has 1 N–H and O–H groups in total. The molecule has 1 fully saturated rings. The standard InChI is InChI=1S/C18H36N4O3/c1-7-19-16(21(5)12-13-24-14-15-8-9-15)20-10-11-22(6)17(23)25-18(2,3)4/h15H,7-14H2,1-6H3,(H,19,20). The molecule has 0 aliphatic heterocycles. The maximum absolute atomic E-state index is 11.9. The van der Waals surface area contributed by atoms with Crippen LogP contribution in [-0.4, -0.2) is 80.9 Å².